The molecule has 3 aliphatic carbocycles. The Bertz CT molecular complexity index is 854. The molecule has 3 rings (SSSR count). The quantitative estimate of drug-likeness (QED) is 0.424. The van der Waals surface area contributed by atoms with Gasteiger partial charge in [0.2, 0.25) is 0 Å². The first-order valence-electron chi connectivity index (χ1n) is 11.7. The van der Waals surface area contributed by atoms with Crippen LogP contribution in [0.2, 0.25) is 0 Å². The Morgan fingerprint density at radius 1 is 1.26 bits per heavy atom. The lowest BCUT2D eigenvalue weighted by atomic mass is 9.61. The zero-order valence-corrected chi connectivity index (χ0v) is 20.4. The van der Waals surface area contributed by atoms with E-state index in [0.29, 0.717) is 25.7 Å². The minimum Gasteiger partial charge on any atom is -0.511 e. The number of fused-ring (bicyclic) bond motifs is 1. The zero-order chi connectivity index (χ0) is 23.7. The van der Waals surface area contributed by atoms with Gasteiger partial charge in [0.1, 0.15) is 5.76 Å². The Morgan fingerprint density at radius 2 is 1.84 bits per heavy atom. The van der Waals surface area contributed by atoms with E-state index in [0.717, 1.165) is 5.57 Å². The van der Waals surface area contributed by atoms with Crippen LogP contribution in [0.3, 0.4) is 0 Å². The Hall–Kier alpha value is -1.46. The number of Topliss-reactive ketones (excluding diaryl/α,β-unsaturated/α-hetero) is 2. The fourth-order valence-corrected chi connectivity index (χ4v) is 7.05. The molecule has 0 aromatic carbocycles. The summed E-state index contributed by atoms with van der Waals surface area (Å²) in [4.78, 5) is 27.3. The van der Waals surface area contributed by atoms with E-state index in [-0.39, 0.29) is 34.9 Å². The van der Waals surface area contributed by atoms with Crippen LogP contribution in [-0.4, -0.2) is 38.6 Å². The van der Waals surface area contributed by atoms with E-state index in [9.17, 15) is 24.9 Å². The lowest BCUT2D eigenvalue weighted by Crippen LogP contribution is -2.53. The molecule has 0 aromatic heterocycles. The third-order valence-corrected chi connectivity index (χ3v) is 8.93. The average molecular weight is 433 g/mol. The highest BCUT2D eigenvalue weighted by atomic mass is 16.3. The topological polar surface area (TPSA) is 94.8 Å². The highest BCUT2D eigenvalue weighted by molar-refractivity contribution is 6.24. The SMILES string of the molecule is CCC(C)C(=O)C1=C(O)C2(CC=C(C)C)C[C@H]3C(C)(C)[C@@H](C(C)(C)O)C[C@@]3(C1=O)C2O. The van der Waals surface area contributed by atoms with Crippen LogP contribution in [0.1, 0.15) is 81.1 Å². The Balaban J connectivity index is 2.28. The summed E-state index contributed by atoms with van der Waals surface area (Å²) >= 11 is 0. The fraction of sp³-hybridized carbons (Fsp3) is 0.769. The molecule has 0 amide bonds. The van der Waals surface area contributed by atoms with E-state index in [2.05, 4.69) is 13.8 Å². The number of hydrogen-bond donors (Lipinski definition) is 3. The maximum atomic E-state index is 14.0. The van der Waals surface area contributed by atoms with Crippen molar-refractivity contribution < 1.29 is 24.9 Å². The van der Waals surface area contributed by atoms with Gasteiger partial charge in [0.15, 0.2) is 11.6 Å². The molecule has 3 N–H and O–H groups in total. The van der Waals surface area contributed by atoms with E-state index < -0.39 is 33.7 Å². The summed E-state index contributed by atoms with van der Waals surface area (Å²) < 4.78 is 0. The molecule has 1 spiro atoms. The molecule has 2 saturated carbocycles. The number of rotatable bonds is 6. The zero-order valence-electron chi connectivity index (χ0n) is 20.4. The van der Waals surface area contributed by atoms with Crippen molar-refractivity contribution in [1.82, 2.24) is 0 Å². The minimum absolute atomic E-state index is 0.100. The average Bonchev–Trinajstić information content (AvgIpc) is 3.03. The van der Waals surface area contributed by atoms with Crippen LogP contribution in [0, 0.1) is 34.0 Å². The summed E-state index contributed by atoms with van der Waals surface area (Å²) in [7, 11) is 0. The van der Waals surface area contributed by atoms with Crippen molar-refractivity contribution in [2.75, 3.05) is 0 Å². The molecule has 31 heavy (non-hydrogen) atoms. The van der Waals surface area contributed by atoms with Crippen molar-refractivity contribution in [3.8, 4) is 0 Å². The second kappa shape index (κ2) is 7.28. The Morgan fingerprint density at radius 3 is 2.32 bits per heavy atom. The van der Waals surface area contributed by atoms with Crippen molar-refractivity contribution in [1.29, 1.82) is 0 Å². The summed E-state index contributed by atoms with van der Waals surface area (Å²) in [5, 5.41) is 34.1. The highest BCUT2D eigenvalue weighted by Crippen LogP contribution is 2.74. The molecule has 3 aliphatic rings. The molecule has 2 bridgehead atoms. The molecule has 3 unspecified atom stereocenters. The van der Waals surface area contributed by atoms with Gasteiger partial charge in [-0.05, 0) is 70.6 Å². The lowest BCUT2D eigenvalue weighted by Gasteiger charge is -2.44. The number of hydrogen-bond acceptors (Lipinski definition) is 5. The van der Waals surface area contributed by atoms with E-state index in [1.807, 2.05) is 26.8 Å². The number of ketones is 2. The predicted octanol–water partition coefficient (Wildman–Crippen LogP) is 4.52. The van der Waals surface area contributed by atoms with Gasteiger partial charge in [-0.1, -0.05) is 39.3 Å². The smallest absolute Gasteiger partial charge is 0.178 e. The van der Waals surface area contributed by atoms with Gasteiger partial charge >= 0.3 is 0 Å². The largest absolute Gasteiger partial charge is 0.511 e. The fourth-order valence-electron chi connectivity index (χ4n) is 7.05. The summed E-state index contributed by atoms with van der Waals surface area (Å²) in [5.74, 6) is -1.81. The number of aliphatic hydroxyl groups excluding tert-OH is 2. The van der Waals surface area contributed by atoms with Gasteiger partial charge in [0, 0.05) is 5.92 Å². The van der Waals surface area contributed by atoms with Gasteiger partial charge < -0.3 is 15.3 Å². The first-order chi connectivity index (χ1) is 14.1. The second-order valence-electron chi connectivity index (χ2n) is 11.8. The molecule has 0 heterocycles. The summed E-state index contributed by atoms with van der Waals surface area (Å²) in [5.41, 5.74) is -2.73. The van der Waals surface area contributed by atoms with Gasteiger partial charge in [-0.15, -0.1) is 0 Å². The number of aliphatic hydroxyl groups is 3. The van der Waals surface area contributed by atoms with E-state index in [4.69, 9.17) is 0 Å². The molecule has 2 fully saturated rings. The van der Waals surface area contributed by atoms with Gasteiger partial charge in [0.25, 0.3) is 0 Å². The molecule has 0 radical (unpaired) electrons. The molecule has 6 atom stereocenters. The maximum absolute atomic E-state index is 14.0. The molecule has 0 saturated heterocycles. The van der Waals surface area contributed by atoms with E-state index in [1.54, 1.807) is 20.8 Å². The lowest BCUT2D eigenvalue weighted by molar-refractivity contribution is -0.141. The first-order valence-corrected chi connectivity index (χ1v) is 11.7. The molecular formula is C26H40O5. The van der Waals surface area contributed by atoms with Crippen molar-refractivity contribution >= 4 is 11.6 Å². The van der Waals surface area contributed by atoms with Gasteiger partial charge in [-0.3, -0.25) is 9.59 Å². The van der Waals surface area contributed by atoms with E-state index in [1.165, 1.54) is 0 Å². The van der Waals surface area contributed by atoms with Crippen LogP contribution >= 0.6 is 0 Å². The molecule has 5 heteroatoms. The van der Waals surface area contributed by atoms with Crippen molar-refractivity contribution in [2.45, 2.75) is 92.8 Å². The Kier molecular flexibility index (Phi) is 5.68. The molecular weight excluding hydrogens is 392 g/mol. The van der Waals surface area contributed by atoms with Gasteiger partial charge in [0.05, 0.1) is 28.1 Å². The van der Waals surface area contributed by atoms with Crippen LogP contribution < -0.4 is 0 Å². The molecule has 174 valence electrons. The van der Waals surface area contributed by atoms with Crippen LogP contribution in [-0.2, 0) is 9.59 Å². The minimum atomic E-state index is -1.16. The van der Waals surface area contributed by atoms with Gasteiger partial charge in [-0.25, -0.2) is 0 Å². The predicted molar refractivity (Wildman–Crippen MR) is 120 cm³/mol. The first kappa shape index (κ1) is 24.2. The van der Waals surface area contributed by atoms with Crippen LogP contribution in [0.25, 0.3) is 0 Å². The third-order valence-electron chi connectivity index (χ3n) is 8.93. The molecule has 0 aliphatic heterocycles. The summed E-state index contributed by atoms with van der Waals surface area (Å²) in [6.07, 6.45) is 2.58. The number of allylic oxidation sites excluding steroid dienone is 3. The monoisotopic (exact) mass is 432 g/mol. The van der Waals surface area contributed by atoms with Crippen molar-refractivity contribution in [2.24, 2.45) is 34.0 Å². The molecule has 0 aromatic rings. The van der Waals surface area contributed by atoms with Crippen LogP contribution in [0.15, 0.2) is 23.0 Å². The number of carbonyl (C=O) groups excluding carboxylic acids is 2. The maximum Gasteiger partial charge on any atom is 0.178 e. The van der Waals surface area contributed by atoms with Crippen LogP contribution in [0.5, 0.6) is 0 Å². The van der Waals surface area contributed by atoms with E-state index >= 15 is 0 Å². The second-order valence-corrected chi connectivity index (χ2v) is 11.8. The summed E-state index contributed by atoms with van der Waals surface area (Å²) in [6, 6.07) is 0. The van der Waals surface area contributed by atoms with Gasteiger partial charge in [-0.2, -0.15) is 0 Å². The summed E-state index contributed by atoms with van der Waals surface area (Å²) in [6.45, 7) is 15.2. The van der Waals surface area contributed by atoms with Crippen molar-refractivity contribution in [3.05, 3.63) is 23.0 Å². The highest BCUT2D eigenvalue weighted by Gasteiger charge is 2.78. The normalized spacial score (nSPS) is 37.6. The molecule has 5 nitrogen and oxygen atoms in total. The number of carbonyl (C=O) groups is 2. The van der Waals surface area contributed by atoms with Crippen molar-refractivity contribution in [3.63, 3.8) is 0 Å². The Labute approximate surface area is 186 Å². The van der Waals surface area contributed by atoms with Crippen LogP contribution in [0.4, 0.5) is 0 Å². The third kappa shape index (κ3) is 3.10. The standard InChI is InChI=1S/C26H40O5/c1-9-15(4)19(27)18-20(28)25(11-10-14(2)3)12-17-23(5,6)16(24(7,8)31)13-26(17,21(18)29)22(25)30/h10,15-17,22,28,30-31H,9,11-13H2,1-8H3/t15?,16-,17-,22?,25?,26+/m0/s1.